The molecule has 0 aliphatic carbocycles. The number of aromatic nitrogens is 3. The highest BCUT2D eigenvalue weighted by Crippen LogP contribution is 2.24. The molecular weight excluding hydrogens is 244 g/mol. The van der Waals surface area contributed by atoms with Crippen molar-refractivity contribution in [2.24, 2.45) is 14.1 Å². The molecule has 0 unspecified atom stereocenters. The van der Waals surface area contributed by atoms with Gasteiger partial charge in [-0.15, -0.1) is 0 Å². The second-order valence-electron chi connectivity index (χ2n) is 4.26. The zero-order chi connectivity index (χ0) is 13.6. The summed E-state index contributed by atoms with van der Waals surface area (Å²) in [5, 5.41) is 12.9. The van der Waals surface area contributed by atoms with Gasteiger partial charge in [-0.25, -0.2) is 4.79 Å². The zero-order valence-electron chi connectivity index (χ0n) is 10.4. The quantitative estimate of drug-likeness (QED) is 0.657. The summed E-state index contributed by atoms with van der Waals surface area (Å²) < 4.78 is 8.16. The minimum Gasteiger partial charge on any atom is -0.408 e. The third-order valence-corrected chi connectivity index (χ3v) is 3.08. The fraction of sp³-hybridized carbons (Fsp3) is 0.154. The van der Waals surface area contributed by atoms with Crippen molar-refractivity contribution < 1.29 is 4.42 Å². The lowest BCUT2D eigenvalue weighted by Crippen LogP contribution is -2.08. The highest BCUT2D eigenvalue weighted by molar-refractivity contribution is 5.79. The monoisotopic (exact) mass is 254 g/mol. The molecular formula is C13H10N4O2. The Morgan fingerprint density at radius 2 is 2.11 bits per heavy atom. The van der Waals surface area contributed by atoms with E-state index in [1.54, 1.807) is 30.9 Å². The Bertz CT molecular complexity index is 876. The molecule has 0 saturated carbocycles. The Labute approximate surface area is 108 Å². The molecule has 0 aliphatic heterocycles. The van der Waals surface area contributed by atoms with Crippen molar-refractivity contribution >= 4 is 11.1 Å². The second kappa shape index (κ2) is 3.85. The van der Waals surface area contributed by atoms with Gasteiger partial charge in [0.15, 0.2) is 11.3 Å². The number of nitriles is 1. The van der Waals surface area contributed by atoms with Gasteiger partial charge < -0.3 is 4.42 Å². The van der Waals surface area contributed by atoms with E-state index in [1.807, 2.05) is 18.2 Å². The van der Waals surface area contributed by atoms with Crippen LogP contribution < -0.4 is 5.76 Å². The van der Waals surface area contributed by atoms with E-state index in [-0.39, 0.29) is 0 Å². The molecule has 3 aromatic rings. The lowest BCUT2D eigenvalue weighted by molar-refractivity contribution is 0.528. The minimum absolute atomic E-state index is 0.360. The van der Waals surface area contributed by atoms with E-state index in [4.69, 9.17) is 9.68 Å². The summed E-state index contributed by atoms with van der Waals surface area (Å²) in [5.41, 5.74) is 3.30. The summed E-state index contributed by atoms with van der Waals surface area (Å²) in [6, 6.07) is 9.14. The smallest absolute Gasteiger partial charge is 0.408 e. The minimum atomic E-state index is -0.394. The Kier molecular flexibility index (Phi) is 2.29. The molecule has 0 fully saturated rings. The number of fused-ring (bicyclic) bond motifs is 1. The lowest BCUT2D eigenvalue weighted by Gasteiger charge is -2.01. The first-order valence-electron chi connectivity index (χ1n) is 5.64. The van der Waals surface area contributed by atoms with Gasteiger partial charge in [0.2, 0.25) is 0 Å². The topological polar surface area (TPSA) is 76.8 Å². The number of hydrogen-bond acceptors (Lipinski definition) is 4. The van der Waals surface area contributed by atoms with Crippen LogP contribution in [0.2, 0.25) is 0 Å². The van der Waals surface area contributed by atoms with Crippen LogP contribution in [-0.4, -0.2) is 14.3 Å². The summed E-state index contributed by atoms with van der Waals surface area (Å²) in [7, 11) is 3.43. The van der Waals surface area contributed by atoms with E-state index in [2.05, 4.69) is 5.10 Å². The van der Waals surface area contributed by atoms with Gasteiger partial charge in [0.25, 0.3) is 0 Å². The zero-order valence-corrected chi connectivity index (χ0v) is 10.4. The molecule has 0 aliphatic rings. The maximum absolute atomic E-state index is 11.4. The summed E-state index contributed by atoms with van der Waals surface area (Å²) >= 11 is 0. The molecule has 6 nitrogen and oxygen atoms in total. The van der Waals surface area contributed by atoms with Crippen LogP contribution in [0.3, 0.4) is 0 Å². The van der Waals surface area contributed by atoms with Crippen molar-refractivity contribution in [3.63, 3.8) is 0 Å². The molecule has 3 rings (SSSR count). The van der Waals surface area contributed by atoms with E-state index >= 15 is 0 Å². The van der Waals surface area contributed by atoms with Crippen molar-refractivity contribution in [1.29, 1.82) is 5.26 Å². The Morgan fingerprint density at radius 1 is 1.32 bits per heavy atom. The molecule has 0 saturated heterocycles. The van der Waals surface area contributed by atoms with Crippen molar-refractivity contribution in [2.75, 3.05) is 0 Å². The molecule has 2 aromatic heterocycles. The number of benzene rings is 1. The second-order valence-corrected chi connectivity index (χ2v) is 4.26. The van der Waals surface area contributed by atoms with E-state index in [0.29, 0.717) is 16.8 Å². The van der Waals surface area contributed by atoms with E-state index in [9.17, 15) is 4.79 Å². The summed E-state index contributed by atoms with van der Waals surface area (Å²) in [5.74, 6) is -0.394. The number of hydrogen-bond donors (Lipinski definition) is 0. The van der Waals surface area contributed by atoms with Crippen LogP contribution in [0.5, 0.6) is 0 Å². The predicted molar refractivity (Wildman–Crippen MR) is 68.4 cm³/mol. The molecule has 0 N–H and O–H groups in total. The molecule has 1 aromatic carbocycles. The number of rotatable bonds is 1. The third kappa shape index (κ3) is 1.64. The maximum atomic E-state index is 11.4. The highest BCUT2D eigenvalue weighted by atomic mass is 16.4. The molecule has 6 heteroatoms. The Morgan fingerprint density at radius 3 is 2.79 bits per heavy atom. The first kappa shape index (κ1) is 11.3. The van der Waals surface area contributed by atoms with Crippen LogP contribution in [0.4, 0.5) is 0 Å². The molecule has 0 amide bonds. The molecule has 0 bridgehead atoms. The largest absolute Gasteiger partial charge is 0.419 e. The van der Waals surface area contributed by atoms with Gasteiger partial charge in [-0.3, -0.25) is 9.25 Å². The van der Waals surface area contributed by atoms with Crippen LogP contribution in [0.25, 0.3) is 22.4 Å². The van der Waals surface area contributed by atoms with Gasteiger partial charge in [-0.05, 0) is 18.2 Å². The van der Waals surface area contributed by atoms with Gasteiger partial charge in [0.1, 0.15) is 6.07 Å². The van der Waals surface area contributed by atoms with Crippen LogP contribution in [0, 0.1) is 11.3 Å². The maximum Gasteiger partial charge on any atom is 0.419 e. The summed E-state index contributed by atoms with van der Waals surface area (Å²) in [6.45, 7) is 0. The standard InChI is InChI=1S/C13H10N4O2/c1-16-11-5-8(3-4-12(11)19-13(16)18)10-6-9(7-14)15-17(10)2/h3-6H,1-2H3. The predicted octanol–water partition coefficient (Wildman–Crippen LogP) is 1.40. The molecule has 19 heavy (non-hydrogen) atoms. The van der Waals surface area contributed by atoms with E-state index in [1.165, 1.54) is 4.57 Å². The Hall–Kier alpha value is -2.81. The van der Waals surface area contributed by atoms with E-state index in [0.717, 1.165) is 11.3 Å². The SMILES string of the molecule is Cn1nc(C#N)cc1-c1ccc2oc(=O)n(C)c2c1. The molecule has 0 atom stereocenters. The molecule has 94 valence electrons. The van der Waals surface area contributed by atoms with Gasteiger partial charge >= 0.3 is 5.76 Å². The average Bonchev–Trinajstić information content (AvgIpc) is 2.91. The van der Waals surface area contributed by atoms with Crippen molar-refractivity contribution in [2.45, 2.75) is 0 Å². The normalized spacial score (nSPS) is 10.8. The fourth-order valence-electron chi connectivity index (χ4n) is 2.08. The molecule has 0 radical (unpaired) electrons. The lowest BCUT2D eigenvalue weighted by atomic mass is 10.1. The fourth-order valence-corrected chi connectivity index (χ4v) is 2.08. The van der Waals surface area contributed by atoms with Gasteiger partial charge in [0, 0.05) is 25.7 Å². The average molecular weight is 254 g/mol. The third-order valence-electron chi connectivity index (χ3n) is 3.08. The van der Waals surface area contributed by atoms with Crippen molar-refractivity contribution in [1.82, 2.24) is 14.3 Å². The van der Waals surface area contributed by atoms with Crippen LogP contribution in [0.1, 0.15) is 5.69 Å². The first-order valence-corrected chi connectivity index (χ1v) is 5.64. The van der Waals surface area contributed by atoms with Crippen molar-refractivity contribution in [3.05, 3.63) is 40.5 Å². The Balaban J connectivity index is 2.25. The number of aryl methyl sites for hydroxylation is 2. The number of oxazole rings is 1. The highest BCUT2D eigenvalue weighted by Gasteiger charge is 2.11. The molecule has 0 spiro atoms. The molecule has 2 heterocycles. The van der Waals surface area contributed by atoms with E-state index < -0.39 is 5.76 Å². The summed E-state index contributed by atoms with van der Waals surface area (Å²) in [4.78, 5) is 11.4. The number of nitrogens with zero attached hydrogens (tertiary/aromatic N) is 4. The van der Waals surface area contributed by atoms with Gasteiger partial charge in [0.05, 0.1) is 11.2 Å². The first-order chi connectivity index (χ1) is 9.10. The van der Waals surface area contributed by atoms with Gasteiger partial charge in [-0.2, -0.15) is 10.4 Å². The van der Waals surface area contributed by atoms with Crippen LogP contribution in [-0.2, 0) is 14.1 Å². The van der Waals surface area contributed by atoms with Crippen LogP contribution in [0.15, 0.2) is 33.5 Å². The van der Waals surface area contributed by atoms with Crippen molar-refractivity contribution in [3.8, 4) is 17.3 Å². The van der Waals surface area contributed by atoms with Gasteiger partial charge in [-0.1, -0.05) is 0 Å². The summed E-state index contributed by atoms with van der Waals surface area (Å²) in [6.07, 6.45) is 0. The van der Waals surface area contributed by atoms with Crippen LogP contribution >= 0.6 is 0 Å².